The molecule has 1 N–H and O–H groups in total. The van der Waals surface area contributed by atoms with Gasteiger partial charge in [0.25, 0.3) is 10.0 Å². The molecule has 2 aromatic rings. The molecule has 0 saturated heterocycles. The maximum Gasteiger partial charge on any atom is 0.416 e. The third-order valence-electron chi connectivity index (χ3n) is 3.59. The van der Waals surface area contributed by atoms with Crippen LogP contribution in [0.1, 0.15) is 11.1 Å². The predicted molar refractivity (Wildman–Crippen MR) is 91.1 cm³/mol. The average Bonchev–Trinajstić information content (AvgIpc) is 2.61. The van der Waals surface area contributed by atoms with Gasteiger partial charge in [0.2, 0.25) is 0 Å². The van der Waals surface area contributed by atoms with Crippen molar-refractivity contribution in [2.45, 2.75) is 17.2 Å². The highest BCUT2D eigenvalue weighted by Crippen LogP contribution is 2.36. The molecular formula is C17H15F6NO4S. The number of halogens is 6. The molecule has 0 radical (unpaired) electrons. The Morgan fingerprint density at radius 1 is 0.862 bits per heavy atom. The molecule has 0 fully saturated rings. The minimum Gasteiger partial charge on any atom is -0.489 e. The van der Waals surface area contributed by atoms with Gasteiger partial charge in [0.15, 0.2) is 0 Å². The lowest BCUT2D eigenvalue weighted by molar-refractivity contribution is -0.138. The molecule has 0 unspecified atom stereocenters. The first-order valence-electron chi connectivity index (χ1n) is 7.87. The molecule has 0 spiro atoms. The summed E-state index contributed by atoms with van der Waals surface area (Å²) in [5, 5.41) is 0. The largest absolute Gasteiger partial charge is 0.489 e. The van der Waals surface area contributed by atoms with Gasteiger partial charge in [0.05, 0.1) is 28.3 Å². The molecule has 12 heteroatoms. The van der Waals surface area contributed by atoms with Crippen molar-refractivity contribution in [1.29, 1.82) is 0 Å². The molecule has 0 saturated carbocycles. The molecular weight excluding hydrogens is 428 g/mol. The summed E-state index contributed by atoms with van der Waals surface area (Å²) in [6.45, 7) is 0.0169. The van der Waals surface area contributed by atoms with Gasteiger partial charge in [-0.2, -0.15) is 26.3 Å². The molecule has 0 amide bonds. The third kappa shape index (κ3) is 6.00. The summed E-state index contributed by atoms with van der Waals surface area (Å²) in [6, 6.07) is 4.67. The van der Waals surface area contributed by atoms with E-state index in [2.05, 4.69) is 0 Å². The van der Waals surface area contributed by atoms with E-state index in [9.17, 15) is 34.8 Å². The van der Waals surface area contributed by atoms with Crippen molar-refractivity contribution in [1.82, 2.24) is 0 Å². The maximum absolute atomic E-state index is 13.0. The molecule has 0 aliphatic heterocycles. The first-order valence-corrected chi connectivity index (χ1v) is 9.36. The molecule has 0 aromatic heterocycles. The van der Waals surface area contributed by atoms with Gasteiger partial charge in [-0.15, -0.1) is 0 Å². The van der Waals surface area contributed by atoms with Crippen molar-refractivity contribution >= 4 is 15.7 Å². The van der Waals surface area contributed by atoms with E-state index in [4.69, 9.17) is 9.47 Å². The van der Waals surface area contributed by atoms with Crippen LogP contribution >= 0.6 is 0 Å². The Morgan fingerprint density at radius 3 is 1.93 bits per heavy atom. The van der Waals surface area contributed by atoms with E-state index in [1.165, 1.54) is 7.11 Å². The standard InChI is InChI=1S/C17H15F6NO4S/c1-27-8-9-28-15-7-4-12(17(21,22)23)10-14(15)24-29(25,26)13-5-2-11(3-6-13)16(18,19)20/h2-7,10,24H,8-9H2,1H3. The molecule has 0 aliphatic carbocycles. The molecule has 29 heavy (non-hydrogen) atoms. The fourth-order valence-corrected chi connectivity index (χ4v) is 3.23. The molecule has 0 aliphatic rings. The van der Waals surface area contributed by atoms with E-state index < -0.39 is 44.1 Å². The number of hydrogen-bond acceptors (Lipinski definition) is 4. The van der Waals surface area contributed by atoms with Gasteiger partial charge in [-0.25, -0.2) is 8.42 Å². The van der Waals surface area contributed by atoms with Crippen molar-refractivity contribution in [2.75, 3.05) is 25.0 Å². The Morgan fingerprint density at radius 2 is 1.41 bits per heavy atom. The Kier molecular flexibility index (Phi) is 6.68. The fourth-order valence-electron chi connectivity index (χ4n) is 2.17. The molecule has 0 heterocycles. The lowest BCUT2D eigenvalue weighted by Crippen LogP contribution is -2.16. The Balaban J connectivity index is 2.38. The van der Waals surface area contributed by atoms with Crippen LogP contribution in [0.3, 0.4) is 0 Å². The summed E-state index contributed by atoms with van der Waals surface area (Å²) in [4.78, 5) is -0.564. The monoisotopic (exact) mass is 443 g/mol. The topological polar surface area (TPSA) is 64.6 Å². The number of anilines is 1. The van der Waals surface area contributed by atoms with Crippen LogP contribution in [0.25, 0.3) is 0 Å². The number of alkyl halides is 6. The van der Waals surface area contributed by atoms with Gasteiger partial charge in [-0.05, 0) is 42.5 Å². The Labute approximate surface area is 162 Å². The van der Waals surface area contributed by atoms with Crippen molar-refractivity contribution < 1.29 is 44.2 Å². The number of hydrogen-bond donors (Lipinski definition) is 1. The first-order chi connectivity index (χ1) is 13.3. The smallest absolute Gasteiger partial charge is 0.416 e. The minimum atomic E-state index is -4.75. The van der Waals surface area contributed by atoms with Gasteiger partial charge in [0, 0.05) is 7.11 Å². The second kappa shape index (κ2) is 8.49. The summed E-state index contributed by atoms with van der Waals surface area (Å²) in [5.74, 6) is -0.203. The van der Waals surface area contributed by atoms with Crippen LogP contribution < -0.4 is 9.46 Å². The van der Waals surface area contributed by atoms with E-state index in [-0.39, 0.29) is 19.0 Å². The van der Waals surface area contributed by atoms with Crippen molar-refractivity contribution in [3.05, 3.63) is 53.6 Å². The highest BCUT2D eigenvalue weighted by atomic mass is 32.2. The van der Waals surface area contributed by atoms with Gasteiger partial charge in [-0.3, -0.25) is 4.72 Å². The van der Waals surface area contributed by atoms with Gasteiger partial charge in [-0.1, -0.05) is 0 Å². The average molecular weight is 443 g/mol. The van der Waals surface area contributed by atoms with Crippen LogP contribution in [0.2, 0.25) is 0 Å². The Bertz CT molecular complexity index is 940. The zero-order chi connectivity index (χ0) is 21.9. The van der Waals surface area contributed by atoms with Crippen LogP contribution in [-0.4, -0.2) is 28.7 Å². The number of benzene rings is 2. The summed E-state index contributed by atoms with van der Waals surface area (Å²) in [5.41, 5.74) is -2.73. The van der Waals surface area contributed by atoms with Crippen molar-refractivity contribution in [3.63, 3.8) is 0 Å². The van der Waals surface area contributed by atoms with Crippen LogP contribution in [-0.2, 0) is 27.1 Å². The second-order valence-electron chi connectivity index (χ2n) is 5.68. The zero-order valence-electron chi connectivity index (χ0n) is 14.8. The van der Waals surface area contributed by atoms with Gasteiger partial charge in [0.1, 0.15) is 12.4 Å². The van der Waals surface area contributed by atoms with Crippen LogP contribution in [0.5, 0.6) is 5.75 Å². The van der Waals surface area contributed by atoms with Crippen LogP contribution in [0.4, 0.5) is 32.0 Å². The lowest BCUT2D eigenvalue weighted by Gasteiger charge is -2.16. The highest BCUT2D eigenvalue weighted by molar-refractivity contribution is 7.92. The van der Waals surface area contributed by atoms with Crippen LogP contribution in [0.15, 0.2) is 47.4 Å². The Hall–Kier alpha value is -2.47. The molecule has 0 bridgehead atoms. The zero-order valence-corrected chi connectivity index (χ0v) is 15.6. The van der Waals surface area contributed by atoms with Gasteiger partial charge >= 0.3 is 12.4 Å². The number of ether oxygens (including phenoxy) is 2. The first kappa shape index (κ1) is 22.8. The normalized spacial score (nSPS) is 12.7. The lowest BCUT2D eigenvalue weighted by atomic mass is 10.2. The number of nitrogens with one attached hydrogen (secondary N) is 1. The summed E-state index contributed by atoms with van der Waals surface area (Å²) in [6.07, 6.45) is -9.42. The van der Waals surface area contributed by atoms with E-state index >= 15 is 0 Å². The van der Waals surface area contributed by atoms with E-state index in [1.54, 1.807) is 0 Å². The SMILES string of the molecule is COCCOc1ccc(C(F)(F)F)cc1NS(=O)(=O)c1ccc(C(F)(F)F)cc1. The third-order valence-corrected chi connectivity index (χ3v) is 4.97. The molecule has 2 aromatic carbocycles. The van der Waals surface area contributed by atoms with E-state index in [0.29, 0.717) is 36.4 Å². The van der Waals surface area contributed by atoms with Crippen molar-refractivity contribution in [3.8, 4) is 5.75 Å². The fraction of sp³-hybridized carbons (Fsp3) is 0.294. The molecule has 2 rings (SSSR count). The second-order valence-corrected chi connectivity index (χ2v) is 7.36. The maximum atomic E-state index is 13.0. The summed E-state index contributed by atoms with van der Waals surface area (Å²) in [7, 11) is -3.12. The number of rotatable bonds is 7. The minimum absolute atomic E-state index is 0.0725. The van der Waals surface area contributed by atoms with E-state index in [1.807, 2.05) is 4.72 Å². The number of sulfonamides is 1. The summed E-state index contributed by atoms with van der Waals surface area (Å²) >= 11 is 0. The molecule has 160 valence electrons. The predicted octanol–water partition coefficient (Wildman–Crippen LogP) is 4.55. The van der Waals surface area contributed by atoms with E-state index in [0.717, 1.165) is 6.07 Å². The quantitative estimate of drug-likeness (QED) is 0.504. The summed E-state index contributed by atoms with van der Waals surface area (Å²) < 4.78 is 114. The highest BCUT2D eigenvalue weighted by Gasteiger charge is 2.33. The molecule has 5 nitrogen and oxygen atoms in total. The number of methoxy groups -OCH3 is 1. The van der Waals surface area contributed by atoms with Crippen molar-refractivity contribution in [2.24, 2.45) is 0 Å². The van der Waals surface area contributed by atoms with Gasteiger partial charge < -0.3 is 9.47 Å². The van der Waals surface area contributed by atoms with Crippen LogP contribution in [0, 0.1) is 0 Å². The molecule has 0 atom stereocenters.